The highest BCUT2D eigenvalue weighted by Gasteiger charge is 2.32. The number of nitrogens with one attached hydrogen (secondary N) is 2. The van der Waals surface area contributed by atoms with Crippen LogP contribution in [0.15, 0.2) is 47.2 Å². The highest BCUT2D eigenvalue weighted by Crippen LogP contribution is 2.35. The van der Waals surface area contributed by atoms with E-state index >= 15 is 0 Å². The van der Waals surface area contributed by atoms with Gasteiger partial charge in [0.25, 0.3) is 5.91 Å². The summed E-state index contributed by atoms with van der Waals surface area (Å²) < 4.78 is 63.7. The molecule has 1 aromatic carbocycles. The van der Waals surface area contributed by atoms with Gasteiger partial charge < -0.3 is 34.3 Å². The van der Waals surface area contributed by atoms with E-state index in [2.05, 4.69) is 20.8 Å². The van der Waals surface area contributed by atoms with Gasteiger partial charge in [0, 0.05) is 36.6 Å². The van der Waals surface area contributed by atoms with Crippen LogP contribution in [-0.2, 0) is 18.6 Å². The maximum Gasteiger partial charge on any atom is 0.406 e. The van der Waals surface area contributed by atoms with E-state index in [1.54, 1.807) is 41.2 Å². The van der Waals surface area contributed by atoms with Crippen molar-refractivity contribution in [3.63, 3.8) is 0 Å². The van der Waals surface area contributed by atoms with Crippen LogP contribution >= 0.6 is 0 Å². The number of piperidine rings is 1. The number of halogens is 4. The Morgan fingerprint density at radius 1 is 1.24 bits per heavy atom. The van der Waals surface area contributed by atoms with Crippen molar-refractivity contribution in [3.05, 3.63) is 54.2 Å². The van der Waals surface area contributed by atoms with Crippen LogP contribution in [0.2, 0.25) is 0 Å². The predicted molar refractivity (Wildman–Crippen MR) is 148 cm³/mol. The quantitative estimate of drug-likeness (QED) is 0.251. The molecule has 0 spiro atoms. The number of aliphatic hydroxyl groups is 1. The largest absolute Gasteiger partial charge is 0.406 e. The molecule has 0 unspecified atom stereocenters. The van der Waals surface area contributed by atoms with Crippen LogP contribution in [0.5, 0.6) is 0 Å². The zero-order chi connectivity index (χ0) is 30.2. The Kier molecular flexibility index (Phi) is 8.03. The van der Waals surface area contributed by atoms with Crippen LogP contribution in [0.1, 0.15) is 36.5 Å². The van der Waals surface area contributed by atoms with Gasteiger partial charge in [-0.25, -0.2) is 4.39 Å². The topological polar surface area (TPSA) is 113 Å². The van der Waals surface area contributed by atoms with Gasteiger partial charge in [-0.05, 0) is 51.6 Å². The molecule has 1 aliphatic rings. The number of benzene rings is 1. The lowest BCUT2D eigenvalue weighted by molar-refractivity contribution is -0.139. The molecule has 14 heteroatoms. The van der Waals surface area contributed by atoms with E-state index in [-0.39, 0.29) is 42.6 Å². The third kappa shape index (κ3) is 6.28. The summed E-state index contributed by atoms with van der Waals surface area (Å²) in [6.07, 6.45) is -1.84. The lowest BCUT2D eigenvalue weighted by Crippen LogP contribution is -2.46. The molecule has 3 N–H and O–H groups in total. The Hall–Kier alpha value is -3.91. The number of amides is 1. The molecular weight excluding hydrogens is 558 g/mol. The van der Waals surface area contributed by atoms with Crippen molar-refractivity contribution < 1.29 is 32.0 Å². The van der Waals surface area contributed by atoms with Gasteiger partial charge in [-0.2, -0.15) is 18.2 Å². The standard InChI is InChI=1S/C28H33F4N7O3/c1-27(2,16-40)38-10-7-17(13-38)26(41)33-12-24-35-25(36-42-24)23-11-18-20(34-21-8-9-37(3)14-19(21)29)5-4-6-22(18)39(23)15-28(30,31)32/h4-7,10-11,13,19,21,34,40H,8-9,12,14-16H2,1-3H3,(H,33,41)/t19-,21+/m0/s1. The number of alkyl halides is 4. The number of fused-ring (bicyclic) bond motifs is 1. The first kappa shape index (κ1) is 29.6. The fourth-order valence-corrected chi connectivity index (χ4v) is 5.04. The number of rotatable bonds is 9. The number of anilines is 1. The SMILES string of the molecule is CN1CC[C@@H](Nc2cccc3c2cc(-c2noc(CNC(=O)c4ccn(C(C)(C)CO)c4)n2)n3CC(F)(F)F)[C@@H](F)C1. The molecule has 226 valence electrons. The summed E-state index contributed by atoms with van der Waals surface area (Å²) in [6, 6.07) is 7.54. The maximum absolute atomic E-state index is 14.7. The highest BCUT2D eigenvalue weighted by atomic mass is 19.4. The molecule has 4 aromatic rings. The highest BCUT2D eigenvalue weighted by molar-refractivity contribution is 5.96. The Morgan fingerprint density at radius 2 is 2.02 bits per heavy atom. The van der Waals surface area contributed by atoms with E-state index in [9.17, 15) is 27.5 Å². The summed E-state index contributed by atoms with van der Waals surface area (Å²) in [5.74, 6) is -0.504. The summed E-state index contributed by atoms with van der Waals surface area (Å²) >= 11 is 0. The second kappa shape index (κ2) is 11.4. The van der Waals surface area contributed by atoms with Gasteiger partial charge >= 0.3 is 6.18 Å². The molecule has 3 aromatic heterocycles. The van der Waals surface area contributed by atoms with Crippen LogP contribution in [0, 0.1) is 0 Å². The summed E-state index contributed by atoms with van der Waals surface area (Å²) in [5, 5.41) is 19.8. The smallest absolute Gasteiger partial charge is 0.394 e. The lowest BCUT2D eigenvalue weighted by Gasteiger charge is -2.33. The van der Waals surface area contributed by atoms with E-state index < -0.39 is 36.4 Å². The number of nitrogens with zero attached hydrogens (tertiary/aromatic N) is 5. The van der Waals surface area contributed by atoms with Crippen molar-refractivity contribution in [2.24, 2.45) is 0 Å². The molecule has 0 saturated carbocycles. The molecule has 0 aliphatic carbocycles. The number of aromatic nitrogens is 4. The fraction of sp³-hybridized carbons (Fsp3) is 0.464. The lowest BCUT2D eigenvalue weighted by atomic mass is 10.0. The van der Waals surface area contributed by atoms with E-state index in [0.29, 0.717) is 29.6 Å². The molecule has 10 nitrogen and oxygen atoms in total. The van der Waals surface area contributed by atoms with Gasteiger partial charge in [0.15, 0.2) is 0 Å². The summed E-state index contributed by atoms with van der Waals surface area (Å²) in [5.41, 5.74) is 0.623. The molecule has 4 heterocycles. The number of carbonyl (C=O) groups excluding carboxylic acids is 1. The molecule has 1 aliphatic heterocycles. The first-order chi connectivity index (χ1) is 19.8. The predicted octanol–water partition coefficient (Wildman–Crippen LogP) is 4.17. The van der Waals surface area contributed by atoms with Gasteiger partial charge in [0.2, 0.25) is 11.7 Å². The van der Waals surface area contributed by atoms with E-state index in [1.165, 1.54) is 6.07 Å². The second-order valence-electron chi connectivity index (χ2n) is 11.3. The molecule has 5 rings (SSSR count). The Morgan fingerprint density at radius 3 is 2.74 bits per heavy atom. The first-order valence-corrected chi connectivity index (χ1v) is 13.5. The van der Waals surface area contributed by atoms with Gasteiger partial charge in [0.05, 0.1) is 41.5 Å². The molecule has 1 fully saturated rings. The molecule has 0 bridgehead atoms. The third-order valence-electron chi connectivity index (χ3n) is 7.51. The Balaban J connectivity index is 1.39. The van der Waals surface area contributed by atoms with Crippen LogP contribution < -0.4 is 10.6 Å². The maximum atomic E-state index is 14.7. The van der Waals surface area contributed by atoms with Crippen LogP contribution in [-0.4, -0.2) is 80.3 Å². The van der Waals surface area contributed by atoms with Crippen LogP contribution in [0.25, 0.3) is 22.4 Å². The summed E-state index contributed by atoms with van der Waals surface area (Å²) in [4.78, 5) is 18.8. The zero-order valence-corrected chi connectivity index (χ0v) is 23.5. The van der Waals surface area contributed by atoms with Crippen molar-refractivity contribution in [2.75, 3.05) is 32.1 Å². The summed E-state index contributed by atoms with van der Waals surface area (Å²) in [6.45, 7) is 3.03. The van der Waals surface area contributed by atoms with E-state index in [1.807, 2.05) is 25.8 Å². The average Bonchev–Trinajstić information content (AvgIpc) is 3.68. The van der Waals surface area contributed by atoms with E-state index in [4.69, 9.17) is 4.52 Å². The van der Waals surface area contributed by atoms with Gasteiger partial charge in [-0.3, -0.25) is 4.79 Å². The molecule has 0 radical (unpaired) electrons. The minimum absolute atomic E-state index is 0.00207. The number of aliphatic hydroxyl groups excluding tert-OH is 1. The second-order valence-corrected chi connectivity index (χ2v) is 11.3. The zero-order valence-electron chi connectivity index (χ0n) is 23.5. The van der Waals surface area contributed by atoms with Gasteiger partial charge in [-0.1, -0.05) is 11.2 Å². The van der Waals surface area contributed by atoms with Crippen LogP contribution in [0.4, 0.5) is 23.2 Å². The normalized spacial score (nSPS) is 18.5. The van der Waals surface area contributed by atoms with E-state index in [0.717, 1.165) is 4.57 Å². The third-order valence-corrected chi connectivity index (χ3v) is 7.51. The number of likely N-dealkylation sites (tertiary alicyclic amines) is 1. The summed E-state index contributed by atoms with van der Waals surface area (Å²) in [7, 11) is 1.84. The Labute approximate surface area is 239 Å². The number of hydrogen-bond acceptors (Lipinski definition) is 7. The molecule has 42 heavy (non-hydrogen) atoms. The Bertz CT molecular complexity index is 1560. The van der Waals surface area contributed by atoms with Crippen molar-refractivity contribution in [3.8, 4) is 11.5 Å². The number of hydrogen-bond donors (Lipinski definition) is 3. The first-order valence-electron chi connectivity index (χ1n) is 13.5. The number of carbonyl (C=O) groups is 1. The van der Waals surface area contributed by atoms with Crippen molar-refractivity contribution in [1.82, 2.24) is 29.5 Å². The van der Waals surface area contributed by atoms with Gasteiger partial charge in [-0.15, -0.1) is 0 Å². The molecular formula is C28H33F4N7O3. The molecule has 1 saturated heterocycles. The van der Waals surface area contributed by atoms with Crippen molar-refractivity contribution >= 4 is 22.5 Å². The molecule has 1 amide bonds. The van der Waals surface area contributed by atoms with Crippen LogP contribution in [0.3, 0.4) is 0 Å². The monoisotopic (exact) mass is 591 g/mol. The van der Waals surface area contributed by atoms with Gasteiger partial charge in [0.1, 0.15) is 12.7 Å². The van der Waals surface area contributed by atoms with Crippen molar-refractivity contribution in [2.45, 2.75) is 57.3 Å². The average molecular weight is 592 g/mol. The minimum Gasteiger partial charge on any atom is -0.394 e. The molecule has 2 atom stereocenters. The fourth-order valence-electron chi connectivity index (χ4n) is 5.04. The minimum atomic E-state index is -4.54. The van der Waals surface area contributed by atoms with Crippen molar-refractivity contribution in [1.29, 1.82) is 0 Å².